The summed E-state index contributed by atoms with van der Waals surface area (Å²) in [7, 11) is 0. The topological polar surface area (TPSA) is 35.2 Å². The van der Waals surface area contributed by atoms with Crippen LogP contribution in [0.3, 0.4) is 0 Å². The van der Waals surface area contributed by atoms with Crippen LogP contribution in [0.4, 0.5) is 0 Å². The molecule has 0 saturated heterocycles. The van der Waals surface area contributed by atoms with Crippen molar-refractivity contribution in [1.29, 1.82) is 0 Å². The van der Waals surface area contributed by atoms with E-state index in [9.17, 15) is 0 Å². The van der Waals surface area contributed by atoms with E-state index in [0.29, 0.717) is 18.4 Å². The Labute approximate surface area is 123 Å². The summed E-state index contributed by atoms with van der Waals surface area (Å²) in [6, 6.07) is 6.58. The summed E-state index contributed by atoms with van der Waals surface area (Å²) < 4.78 is 5.91. The van der Waals surface area contributed by atoms with Crippen LogP contribution in [-0.4, -0.2) is 12.6 Å². The summed E-state index contributed by atoms with van der Waals surface area (Å²) in [5.41, 5.74) is 8.99. The highest BCUT2D eigenvalue weighted by Gasteiger charge is 2.21. The van der Waals surface area contributed by atoms with E-state index >= 15 is 0 Å². The number of benzene rings is 1. The van der Waals surface area contributed by atoms with E-state index in [4.69, 9.17) is 10.5 Å². The van der Waals surface area contributed by atoms with Gasteiger partial charge in [0.05, 0.1) is 0 Å². The minimum atomic E-state index is 0.181. The molecule has 1 fully saturated rings. The number of aryl methyl sites for hydroxylation is 1. The van der Waals surface area contributed by atoms with E-state index in [1.54, 1.807) is 0 Å². The van der Waals surface area contributed by atoms with Gasteiger partial charge in [0.15, 0.2) is 0 Å². The summed E-state index contributed by atoms with van der Waals surface area (Å²) in [6.07, 6.45) is 6.59. The van der Waals surface area contributed by atoms with Gasteiger partial charge in [-0.2, -0.15) is 0 Å². The van der Waals surface area contributed by atoms with Crippen LogP contribution in [0.15, 0.2) is 18.2 Å². The van der Waals surface area contributed by atoms with Gasteiger partial charge in [0.2, 0.25) is 0 Å². The Morgan fingerprint density at radius 2 is 1.90 bits per heavy atom. The fourth-order valence-electron chi connectivity index (χ4n) is 3.28. The lowest BCUT2D eigenvalue weighted by Crippen LogP contribution is -2.37. The van der Waals surface area contributed by atoms with Crippen LogP contribution in [-0.2, 0) is 0 Å². The Balaban J connectivity index is 1.88. The molecule has 1 aliphatic carbocycles. The van der Waals surface area contributed by atoms with Gasteiger partial charge in [0, 0.05) is 6.04 Å². The van der Waals surface area contributed by atoms with Gasteiger partial charge in [-0.1, -0.05) is 39.2 Å². The molecule has 1 atom stereocenters. The summed E-state index contributed by atoms with van der Waals surface area (Å²) in [5.74, 6) is 2.17. The third-order valence-electron chi connectivity index (χ3n) is 4.56. The van der Waals surface area contributed by atoms with Gasteiger partial charge in [0.25, 0.3) is 0 Å². The molecule has 1 aromatic carbocycles. The molecule has 1 unspecified atom stereocenters. The number of nitrogens with two attached hydrogens (primary N) is 1. The summed E-state index contributed by atoms with van der Waals surface area (Å²) in [5, 5.41) is 0. The zero-order valence-corrected chi connectivity index (χ0v) is 13.2. The molecule has 0 aliphatic heterocycles. The first-order chi connectivity index (χ1) is 9.58. The fraction of sp³-hybridized carbons (Fsp3) is 0.667. The molecule has 0 amide bonds. The van der Waals surface area contributed by atoms with E-state index in [-0.39, 0.29) is 6.04 Å². The van der Waals surface area contributed by atoms with Crippen molar-refractivity contribution in [2.75, 3.05) is 6.61 Å². The predicted octanol–water partition coefficient (Wildman–Crippen LogP) is 4.40. The molecule has 0 aromatic heterocycles. The number of hydrogen-bond donors (Lipinski definition) is 1. The lowest BCUT2D eigenvalue weighted by molar-refractivity contribution is 0.214. The second-order valence-electron chi connectivity index (χ2n) is 6.55. The van der Waals surface area contributed by atoms with Crippen molar-refractivity contribution in [1.82, 2.24) is 0 Å². The second kappa shape index (κ2) is 7.12. The fourth-order valence-corrected chi connectivity index (χ4v) is 3.28. The van der Waals surface area contributed by atoms with Crippen LogP contribution in [0.1, 0.15) is 63.0 Å². The minimum Gasteiger partial charge on any atom is -0.492 e. The van der Waals surface area contributed by atoms with Gasteiger partial charge < -0.3 is 10.5 Å². The van der Waals surface area contributed by atoms with E-state index in [1.807, 2.05) is 0 Å². The Hall–Kier alpha value is -1.02. The Kier molecular flexibility index (Phi) is 5.47. The van der Waals surface area contributed by atoms with Crippen LogP contribution in [0.2, 0.25) is 0 Å². The molecule has 2 N–H and O–H groups in total. The Bertz CT molecular complexity index is 421. The van der Waals surface area contributed by atoms with Crippen LogP contribution in [0.25, 0.3) is 0 Å². The Morgan fingerprint density at radius 3 is 2.50 bits per heavy atom. The average Bonchev–Trinajstić information content (AvgIpc) is 2.45. The van der Waals surface area contributed by atoms with Crippen molar-refractivity contribution in [2.24, 2.45) is 11.7 Å². The highest BCUT2D eigenvalue weighted by Crippen LogP contribution is 2.27. The smallest absolute Gasteiger partial charge is 0.119 e. The summed E-state index contributed by atoms with van der Waals surface area (Å²) in [4.78, 5) is 0. The molecular formula is C18H29NO. The first-order valence-electron chi connectivity index (χ1n) is 8.07. The lowest BCUT2D eigenvalue weighted by Gasteiger charge is -2.27. The second-order valence-corrected chi connectivity index (χ2v) is 6.55. The highest BCUT2D eigenvalue weighted by molar-refractivity contribution is 5.36. The van der Waals surface area contributed by atoms with Gasteiger partial charge in [-0.3, -0.25) is 0 Å². The first-order valence-corrected chi connectivity index (χ1v) is 8.07. The molecule has 2 heteroatoms. The molecule has 1 aliphatic rings. The summed E-state index contributed by atoms with van der Waals surface area (Å²) >= 11 is 0. The molecule has 0 radical (unpaired) electrons. The van der Waals surface area contributed by atoms with Gasteiger partial charge in [0.1, 0.15) is 12.4 Å². The van der Waals surface area contributed by atoms with Crippen molar-refractivity contribution >= 4 is 0 Å². The molecule has 112 valence electrons. The molecule has 1 aromatic rings. The van der Waals surface area contributed by atoms with Crippen LogP contribution in [0, 0.1) is 12.8 Å². The molecule has 2 nitrogen and oxygen atoms in total. The van der Waals surface area contributed by atoms with Crippen molar-refractivity contribution in [3.05, 3.63) is 29.3 Å². The molecule has 20 heavy (non-hydrogen) atoms. The maximum atomic E-state index is 6.29. The SMILES string of the molecule is Cc1cc(OCC(N)C2CCCCC2)ccc1C(C)C. The third-order valence-corrected chi connectivity index (χ3v) is 4.56. The van der Waals surface area contributed by atoms with E-state index in [2.05, 4.69) is 39.0 Å². The van der Waals surface area contributed by atoms with E-state index in [1.165, 1.54) is 43.2 Å². The van der Waals surface area contributed by atoms with E-state index in [0.717, 1.165) is 5.75 Å². The quantitative estimate of drug-likeness (QED) is 0.864. The number of hydrogen-bond acceptors (Lipinski definition) is 2. The van der Waals surface area contributed by atoms with Gasteiger partial charge in [-0.05, 0) is 54.9 Å². The van der Waals surface area contributed by atoms with Crippen molar-refractivity contribution < 1.29 is 4.74 Å². The maximum Gasteiger partial charge on any atom is 0.119 e. The Morgan fingerprint density at radius 1 is 1.20 bits per heavy atom. The van der Waals surface area contributed by atoms with Gasteiger partial charge in [-0.15, -0.1) is 0 Å². The number of ether oxygens (including phenoxy) is 1. The molecule has 2 rings (SSSR count). The van der Waals surface area contributed by atoms with Crippen LogP contribution < -0.4 is 10.5 Å². The summed E-state index contributed by atoms with van der Waals surface area (Å²) in [6.45, 7) is 7.25. The largest absolute Gasteiger partial charge is 0.492 e. The molecule has 0 bridgehead atoms. The minimum absolute atomic E-state index is 0.181. The van der Waals surface area contributed by atoms with E-state index < -0.39 is 0 Å². The lowest BCUT2D eigenvalue weighted by atomic mass is 9.84. The molecular weight excluding hydrogens is 246 g/mol. The third kappa shape index (κ3) is 3.99. The zero-order chi connectivity index (χ0) is 14.5. The van der Waals surface area contributed by atoms with Gasteiger partial charge in [-0.25, -0.2) is 0 Å². The molecule has 1 saturated carbocycles. The monoisotopic (exact) mass is 275 g/mol. The highest BCUT2D eigenvalue weighted by atomic mass is 16.5. The normalized spacial score (nSPS) is 18.2. The zero-order valence-electron chi connectivity index (χ0n) is 13.2. The van der Waals surface area contributed by atoms with Crippen LogP contribution in [0.5, 0.6) is 5.75 Å². The molecule has 0 heterocycles. The van der Waals surface area contributed by atoms with Crippen molar-refractivity contribution in [3.63, 3.8) is 0 Å². The average molecular weight is 275 g/mol. The standard InChI is InChI=1S/C18H29NO/c1-13(2)17-10-9-16(11-14(17)3)20-12-18(19)15-7-5-4-6-8-15/h9-11,13,15,18H,4-8,12,19H2,1-3H3. The maximum absolute atomic E-state index is 6.29. The molecule has 0 spiro atoms. The van der Waals surface area contributed by atoms with Crippen LogP contribution >= 0.6 is 0 Å². The van der Waals surface area contributed by atoms with Crippen molar-refractivity contribution in [2.45, 2.75) is 64.8 Å². The first kappa shape index (κ1) is 15.4. The van der Waals surface area contributed by atoms with Crippen molar-refractivity contribution in [3.8, 4) is 5.75 Å². The number of rotatable bonds is 5. The van der Waals surface area contributed by atoms with Gasteiger partial charge >= 0.3 is 0 Å². The predicted molar refractivity (Wildman–Crippen MR) is 85.3 cm³/mol.